The minimum atomic E-state index is 0.399. The molecule has 1 aromatic carbocycles. The molecule has 98 valence electrons. The number of nitrogens with zero attached hydrogens (tertiary/aromatic N) is 1. The van der Waals surface area contributed by atoms with E-state index in [9.17, 15) is 4.79 Å². The molecule has 0 bridgehead atoms. The Labute approximate surface area is 116 Å². The van der Waals surface area contributed by atoms with Crippen molar-refractivity contribution in [3.63, 3.8) is 0 Å². The van der Waals surface area contributed by atoms with Gasteiger partial charge in [0.1, 0.15) is 12.1 Å². The van der Waals surface area contributed by atoms with Gasteiger partial charge in [-0.2, -0.15) is 0 Å². The third-order valence-corrected chi connectivity index (χ3v) is 2.98. The van der Waals surface area contributed by atoms with Crippen LogP contribution in [0.5, 0.6) is 5.75 Å². The predicted molar refractivity (Wildman–Crippen MR) is 77.1 cm³/mol. The van der Waals surface area contributed by atoms with Crippen LogP contribution in [0.4, 0.5) is 0 Å². The molecule has 1 heterocycles. The smallest absolute Gasteiger partial charge is 0.156 e. The number of allylic oxidation sites excluding steroid dienone is 1. The quantitative estimate of drug-likeness (QED) is 0.624. The van der Waals surface area contributed by atoms with Crippen molar-refractivity contribution in [2.24, 2.45) is 0 Å². The van der Waals surface area contributed by atoms with E-state index in [4.69, 9.17) is 16.3 Å². The van der Waals surface area contributed by atoms with Crippen molar-refractivity contribution in [1.82, 2.24) is 4.98 Å². The largest absolute Gasteiger partial charge is 0.486 e. The fraction of sp³-hybridized carbons (Fsp3) is 0.200. The first kappa shape index (κ1) is 13.6. The number of aromatic nitrogens is 1. The standard InChI is InChI=1S/C15H14ClNO2/c1-10(2)5-7-19-15-11(9-18)8-13(16)12-4-3-6-17-14(12)15/h3-6,8-9H,7H2,1-2H3. The monoisotopic (exact) mass is 275 g/mol. The van der Waals surface area contributed by atoms with E-state index in [1.54, 1.807) is 18.3 Å². The Morgan fingerprint density at radius 3 is 2.95 bits per heavy atom. The summed E-state index contributed by atoms with van der Waals surface area (Å²) in [7, 11) is 0. The minimum absolute atomic E-state index is 0.399. The third-order valence-electron chi connectivity index (χ3n) is 2.67. The molecule has 3 nitrogen and oxygen atoms in total. The molecule has 0 aliphatic heterocycles. The van der Waals surface area contributed by atoms with Crippen LogP contribution in [-0.2, 0) is 0 Å². The summed E-state index contributed by atoms with van der Waals surface area (Å²) in [6.07, 6.45) is 4.33. The minimum Gasteiger partial charge on any atom is -0.486 e. The lowest BCUT2D eigenvalue weighted by Gasteiger charge is -2.10. The average Bonchev–Trinajstić information content (AvgIpc) is 2.40. The Balaban J connectivity index is 2.53. The van der Waals surface area contributed by atoms with E-state index in [1.165, 1.54) is 0 Å². The molecule has 2 rings (SSSR count). The Morgan fingerprint density at radius 2 is 2.26 bits per heavy atom. The van der Waals surface area contributed by atoms with Gasteiger partial charge in [0, 0.05) is 11.6 Å². The average molecular weight is 276 g/mol. The zero-order valence-corrected chi connectivity index (χ0v) is 11.6. The van der Waals surface area contributed by atoms with Crippen molar-refractivity contribution < 1.29 is 9.53 Å². The van der Waals surface area contributed by atoms with Crippen LogP contribution in [0.2, 0.25) is 5.02 Å². The lowest BCUT2D eigenvalue weighted by Crippen LogP contribution is -2.00. The molecule has 0 saturated carbocycles. The lowest BCUT2D eigenvalue weighted by atomic mass is 10.1. The van der Waals surface area contributed by atoms with Crippen LogP contribution in [0, 0.1) is 0 Å². The van der Waals surface area contributed by atoms with Gasteiger partial charge in [-0.15, -0.1) is 0 Å². The van der Waals surface area contributed by atoms with Gasteiger partial charge in [-0.05, 0) is 38.1 Å². The zero-order valence-electron chi connectivity index (χ0n) is 10.8. The summed E-state index contributed by atoms with van der Waals surface area (Å²) in [6, 6.07) is 5.26. The van der Waals surface area contributed by atoms with Crippen LogP contribution in [-0.4, -0.2) is 17.9 Å². The second kappa shape index (κ2) is 5.85. The van der Waals surface area contributed by atoms with Crippen LogP contribution in [0.25, 0.3) is 10.9 Å². The van der Waals surface area contributed by atoms with Crippen LogP contribution < -0.4 is 4.74 Å². The normalized spacial score (nSPS) is 10.3. The first-order valence-electron chi connectivity index (χ1n) is 5.92. The van der Waals surface area contributed by atoms with Crippen LogP contribution >= 0.6 is 11.6 Å². The summed E-state index contributed by atoms with van der Waals surface area (Å²) in [5.74, 6) is 0.479. The maximum Gasteiger partial charge on any atom is 0.156 e. The van der Waals surface area contributed by atoms with E-state index < -0.39 is 0 Å². The van der Waals surface area contributed by atoms with Gasteiger partial charge < -0.3 is 4.74 Å². The number of ether oxygens (including phenoxy) is 1. The highest BCUT2D eigenvalue weighted by Crippen LogP contribution is 2.32. The number of pyridine rings is 1. The highest BCUT2D eigenvalue weighted by molar-refractivity contribution is 6.36. The number of fused-ring (bicyclic) bond motifs is 1. The second-order valence-electron chi connectivity index (χ2n) is 4.39. The van der Waals surface area contributed by atoms with Crippen molar-refractivity contribution in [2.75, 3.05) is 6.61 Å². The molecule has 0 unspecified atom stereocenters. The first-order valence-corrected chi connectivity index (χ1v) is 6.30. The molecule has 0 spiro atoms. The molecule has 4 heteroatoms. The Kier molecular flexibility index (Phi) is 4.17. The molecule has 0 fully saturated rings. The topological polar surface area (TPSA) is 39.2 Å². The van der Waals surface area contributed by atoms with E-state index in [1.807, 2.05) is 26.0 Å². The highest BCUT2D eigenvalue weighted by Gasteiger charge is 2.12. The van der Waals surface area contributed by atoms with E-state index in [2.05, 4.69) is 4.98 Å². The number of hydrogen-bond acceptors (Lipinski definition) is 3. The van der Waals surface area contributed by atoms with E-state index in [0.29, 0.717) is 28.5 Å². The molecule has 19 heavy (non-hydrogen) atoms. The van der Waals surface area contributed by atoms with Crippen molar-refractivity contribution in [2.45, 2.75) is 13.8 Å². The highest BCUT2D eigenvalue weighted by atomic mass is 35.5. The number of hydrogen-bond donors (Lipinski definition) is 0. The summed E-state index contributed by atoms with van der Waals surface area (Å²) in [5, 5.41) is 1.28. The number of rotatable bonds is 4. The van der Waals surface area contributed by atoms with Gasteiger partial charge in [-0.3, -0.25) is 9.78 Å². The second-order valence-corrected chi connectivity index (χ2v) is 4.79. The Hall–Kier alpha value is -1.87. The van der Waals surface area contributed by atoms with Crippen molar-refractivity contribution in [3.8, 4) is 5.75 Å². The van der Waals surface area contributed by atoms with Crippen molar-refractivity contribution >= 4 is 28.8 Å². The van der Waals surface area contributed by atoms with Crippen molar-refractivity contribution in [1.29, 1.82) is 0 Å². The van der Waals surface area contributed by atoms with Gasteiger partial charge in [0.2, 0.25) is 0 Å². The summed E-state index contributed by atoms with van der Waals surface area (Å²) in [4.78, 5) is 15.4. The van der Waals surface area contributed by atoms with E-state index in [-0.39, 0.29) is 0 Å². The van der Waals surface area contributed by atoms with Gasteiger partial charge in [0.15, 0.2) is 12.0 Å². The molecule has 0 radical (unpaired) electrons. The van der Waals surface area contributed by atoms with E-state index in [0.717, 1.165) is 17.2 Å². The van der Waals surface area contributed by atoms with Crippen LogP contribution in [0.3, 0.4) is 0 Å². The molecular formula is C15H14ClNO2. The number of halogens is 1. The predicted octanol–water partition coefficient (Wildman–Crippen LogP) is 4.05. The number of carbonyl (C=O) groups excluding carboxylic acids is 1. The van der Waals surface area contributed by atoms with Gasteiger partial charge in [-0.1, -0.05) is 17.2 Å². The maximum atomic E-state index is 11.1. The molecule has 0 aliphatic carbocycles. The molecule has 2 aromatic rings. The maximum absolute atomic E-state index is 11.1. The van der Waals surface area contributed by atoms with E-state index >= 15 is 0 Å². The zero-order chi connectivity index (χ0) is 13.8. The Morgan fingerprint density at radius 1 is 1.47 bits per heavy atom. The number of carbonyl (C=O) groups is 1. The van der Waals surface area contributed by atoms with Crippen LogP contribution in [0.15, 0.2) is 36.0 Å². The van der Waals surface area contributed by atoms with Gasteiger partial charge in [0.25, 0.3) is 0 Å². The van der Waals surface area contributed by atoms with Gasteiger partial charge in [0.05, 0.1) is 10.6 Å². The fourth-order valence-corrected chi connectivity index (χ4v) is 2.00. The fourth-order valence-electron chi connectivity index (χ4n) is 1.73. The van der Waals surface area contributed by atoms with Crippen LogP contribution in [0.1, 0.15) is 24.2 Å². The number of benzene rings is 1. The SMILES string of the molecule is CC(C)=CCOc1c(C=O)cc(Cl)c2cccnc12. The first-order chi connectivity index (χ1) is 9.13. The molecule has 0 atom stereocenters. The Bertz CT molecular complexity index is 646. The molecule has 0 aliphatic rings. The molecule has 0 amide bonds. The van der Waals surface area contributed by atoms with Gasteiger partial charge >= 0.3 is 0 Å². The molecule has 1 aromatic heterocycles. The molecule has 0 N–H and O–H groups in total. The summed E-state index contributed by atoms with van der Waals surface area (Å²) in [5.41, 5.74) is 2.18. The van der Waals surface area contributed by atoms with Gasteiger partial charge in [-0.25, -0.2) is 0 Å². The summed E-state index contributed by atoms with van der Waals surface area (Å²) >= 11 is 6.13. The summed E-state index contributed by atoms with van der Waals surface area (Å²) < 4.78 is 5.68. The lowest BCUT2D eigenvalue weighted by molar-refractivity contribution is 0.112. The molecular weight excluding hydrogens is 262 g/mol. The molecule has 0 saturated heterocycles. The summed E-state index contributed by atoms with van der Waals surface area (Å²) in [6.45, 7) is 4.38. The number of aldehydes is 1. The third kappa shape index (κ3) is 2.93. The van der Waals surface area contributed by atoms with Crippen molar-refractivity contribution in [3.05, 3.63) is 46.6 Å².